The molecule has 2 aromatic heterocycles. The molecule has 1 atom stereocenters. The first kappa shape index (κ1) is 45.2. The highest BCUT2D eigenvalue weighted by Crippen LogP contribution is 2.37. The van der Waals surface area contributed by atoms with Gasteiger partial charge in [0.2, 0.25) is 0 Å². The van der Waals surface area contributed by atoms with Gasteiger partial charge in [-0.05, 0) is 77.9 Å². The molecule has 4 N–H and O–H groups in total. The van der Waals surface area contributed by atoms with Gasteiger partial charge in [-0.1, -0.05) is 59.6 Å². The first-order valence-electron chi connectivity index (χ1n) is 21.0. The smallest absolute Gasteiger partial charge is 0.320 e. The van der Waals surface area contributed by atoms with E-state index in [1.54, 1.807) is 49.1 Å². The summed E-state index contributed by atoms with van der Waals surface area (Å²) in [4.78, 5) is 29.0. The second-order valence-corrected chi connectivity index (χ2v) is 16.6. The van der Waals surface area contributed by atoms with Crippen LogP contribution >= 0.6 is 23.2 Å². The molecule has 0 aliphatic carbocycles. The van der Waals surface area contributed by atoms with Crippen LogP contribution in [0.1, 0.15) is 62.1 Å². The molecule has 15 heteroatoms. The molecule has 65 heavy (non-hydrogen) atoms. The van der Waals surface area contributed by atoms with Gasteiger partial charge < -0.3 is 39.6 Å². The van der Waals surface area contributed by atoms with Crippen molar-refractivity contribution >= 4 is 40.6 Å². The highest BCUT2D eigenvalue weighted by molar-refractivity contribution is 6.32. The SMILES string of the molecule is Cc1c(COc2cc(OCc3cncc(C4=NC4)c3)c(CO)cc2Cl)cccc1-c1cccc(COc2cc(OCc3cncc(C4=NC4)c3)c(CN[C@H](CCO)C(=O)O)cc2Cl)c1C. The number of nitrogens with zero attached hydrogens (tertiary/aromatic N) is 4. The van der Waals surface area contributed by atoms with Crippen molar-refractivity contribution in [2.45, 2.75) is 65.9 Å². The van der Waals surface area contributed by atoms with Gasteiger partial charge in [-0.2, -0.15) is 0 Å². The third-order valence-corrected chi connectivity index (χ3v) is 11.9. The maximum atomic E-state index is 11.8. The number of hydrogen-bond donors (Lipinski definition) is 4. The lowest BCUT2D eigenvalue weighted by atomic mass is 9.92. The summed E-state index contributed by atoms with van der Waals surface area (Å²) in [5.74, 6) is 0.667. The monoisotopic (exact) mass is 915 g/mol. The number of rotatable bonds is 22. The summed E-state index contributed by atoms with van der Waals surface area (Å²) >= 11 is 13.5. The van der Waals surface area contributed by atoms with Crippen LogP contribution in [-0.4, -0.2) is 68.4 Å². The predicted molar refractivity (Wildman–Crippen MR) is 249 cm³/mol. The van der Waals surface area contributed by atoms with Crippen molar-refractivity contribution in [1.29, 1.82) is 0 Å². The molecule has 0 radical (unpaired) electrons. The minimum Gasteiger partial charge on any atom is -0.488 e. The van der Waals surface area contributed by atoms with Gasteiger partial charge in [0.15, 0.2) is 0 Å². The number of aromatic nitrogens is 2. The molecule has 0 bridgehead atoms. The van der Waals surface area contributed by atoms with E-state index >= 15 is 0 Å². The van der Waals surface area contributed by atoms with E-state index < -0.39 is 12.0 Å². The van der Waals surface area contributed by atoms with Crippen LogP contribution < -0.4 is 24.3 Å². The number of aliphatic imine (C=N–C) groups is 2. The van der Waals surface area contributed by atoms with E-state index in [1.165, 1.54) is 0 Å². The maximum absolute atomic E-state index is 11.8. The lowest BCUT2D eigenvalue weighted by molar-refractivity contribution is -0.140. The molecule has 13 nitrogen and oxygen atoms in total. The predicted octanol–water partition coefficient (Wildman–Crippen LogP) is 8.41. The van der Waals surface area contributed by atoms with E-state index in [2.05, 4.69) is 51.2 Å². The Morgan fingerprint density at radius 3 is 1.58 bits per heavy atom. The van der Waals surface area contributed by atoms with Crippen LogP contribution in [0, 0.1) is 13.8 Å². The maximum Gasteiger partial charge on any atom is 0.320 e. The molecular weight excluding hydrogens is 869 g/mol. The molecule has 0 amide bonds. The highest BCUT2D eigenvalue weighted by Gasteiger charge is 2.21. The number of carboxylic acid groups (broad SMARTS) is 1. The van der Waals surface area contributed by atoms with Crippen molar-refractivity contribution < 1.29 is 39.1 Å². The number of carbonyl (C=O) groups is 1. The lowest BCUT2D eigenvalue weighted by Crippen LogP contribution is -2.37. The van der Waals surface area contributed by atoms with Gasteiger partial charge in [0.25, 0.3) is 0 Å². The molecule has 4 heterocycles. The van der Waals surface area contributed by atoms with Crippen LogP contribution in [0.15, 0.2) is 108 Å². The number of aliphatic carboxylic acids is 1. The number of aliphatic hydroxyl groups is 2. The average molecular weight is 917 g/mol. The zero-order chi connectivity index (χ0) is 45.5. The van der Waals surface area contributed by atoms with Crippen LogP contribution in [0.4, 0.5) is 0 Å². The molecule has 0 saturated heterocycles. The molecule has 0 saturated carbocycles. The van der Waals surface area contributed by atoms with Crippen LogP contribution in [-0.2, 0) is 44.4 Å². The summed E-state index contributed by atoms with van der Waals surface area (Å²) < 4.78 is 25.2. The number of carboxylic acids is 1. The summed E-state index contributed by atoms with van der Waals surface area (Å²) in [6, 6.07) is 22.0. The van der Waals surface area contributed by atoms with E-state index in [9.17, 15) is 20.1 Å². The minimum absolute atomic E-state index is 0.0392. The Labute approximate surface area is 386 Å². The van der Waals surface area contributed by atoms with E-state index in [1.807, 2.05) is 36.4 Å². The summed E-state index contributed by atoms with van der Waals surface area (Å²) in [6.45, 7) is 6.00. The van der Waals surface area contributed by atoms with Crippen molar-refractivity contribution in [3.8, 4) is 34.1 Å². The number of nitrogens with one attached hydrogen (secondary N) is 1. The van der Waals surface area contributed by atoms with Gasteiger partial charge in [-0.25, -0.2) is 0 Å². The fourth-order valence-corrected chi connectivity index (χ4v) is 7.85. The number of ether oxygens (including phenoxy) is 4. The van der Waals surface area contributed by atoms with Crippen molar-refractivity contribution in [3.05, 3.63) is 163 Å². The molecule has 0 fully saturated rings. The zero-order valence-electron chi connectivity index (χ0n) is 35.8. The highest BCUT2D eigenvalue weighted by atomic mass is 35.5. The topological polar surface area (TPSA) is 177 Å². The Bertz CT molecular complexity index is 2800. The van der Waals surface area contributed by atoms with Crippen molar-refractivity contribution in [2.75, 3.05) is 19.7 Å². The molecule has 2 aliphatic rings. The van der Waals surface area contributed by atoms with Crippen LogP contribution in [0.25, 0.3) is 11.1 Å². The quantitative estimate of drug-likeness (QED) is 0.0514. The number of halogens is 2. The van der Waals surface area contributed by atoms with Crippen molar-refractivity contribution in [1.82, 2.24) is 15.3 Å². The fourth-order valence-electron chi connectivity index (χ4n) is 7.37. The van der Waals surface area contributed by atoms with Crippen molar-refractivity contribution in [3.63, 3.8) is 0 Å². The molecule has 8 rings (SSSR count). The summed E-state index contributed by atoms with van der Waals surface area (Å²) in [5.41, 5.74) is 12.8. The Kier molecular flexibility index (Phi) is 14.4. The second kappa shape index (κ2) is 20.7. The fraction of sp³-hybridized carbons (Fsp3) is 0.260. The summed E-state index contributed by atoms with van der Waals surface area (Å²) in [5, 5.41) is 32.9. The average Bonchev–Trinajstić information content (AvgIpc) is 4.25. The van der Waals surface area contributed by atoms with Crippen LogP contribution in [0.5, 0.6) is 23.0 Å². The standard InChI is InChI=1S/C50H47Cl2N5O8/c1-29-33(27-64-48-15-46(62-25-31-11-35(19-53-17-31)44-22-56-44)37(13-41(48)51)21-55-43(9-10-58)50(60)61)5-3-7-39(29)40-8-4-6-34(30(40)2)28-65-49-16-47(38(24-59)14-42(49)52)63-26-32-12-36(20-54-18-32)45-23-57-45/h3-8,11-20,43,55,58-59H,9-10,21-28H2,1-2H3,(H,60,61)/t43-/m1/s1. The third-order valence-electron chi connectivity index (χ3n) is 11.3. The molecule has 2 aliphatic heterocycles. The molecule has 334 valence electrons. The molecule has 0 unspecified atom stereocenters. The minimum atomic E-state index is -1.07. The number of pyridine rings is 2. The summed E-state index contributed by atoms with van der Waals surface area (Å²) in [6.07, 6.45) is 7.06. The van der Waals surface area contributed by atoms with Crippen LogP contribution in [0.3, 0.4) is 0 Å². The van der Waals surface area contributed by atoms with Crippen molar-refractivity contribution in [2.24, 2.45) is 9.98 Å². The van der Waals surface area contributed by atoms with E-state index in [4.69, 9.17) is 42.1 Å². The first-order valence-corrected chi connectivity index (χ1v) is 21.8. The Hall–Kier alpha value is -6.35. The molecule has 0 spiro atoms. The normalized spacial score (nSPS) is 13.1. The first-order chi connectivity index (χ1) is 31.6. The van der Waals surface area contributed by atoms with E-state index in [0.29, 0.717) is 50.7 Å². The third kappa shape index (κ3) is 11.3. The van der Waals surface area contributed by atoms with Gasteiger partial charge >= 0.3 is 5.97 Å². The van der Waals surface area contributed by atoms with Crippen LogP contribution in [0.2, 0.25) is 10.0 Å². The van der Waals surface area contributed by atoms with Gasteiger partial charge in [-0.15, -0.1) is 0 Å². The van der Waals surface area contributed by atoms with E-state index in [0.717, 1.165) is 73.6 Å². The Morgan fingerprint density at radius 1 is 0.646 bits per heavy atom. The van der Waals surface area contributed by atoms with Gasteiger partial charge in [-0.3, -0.25) is 24.7 Å². The summed E-state index contributed by atoms with van der Waals surface area (Å²) in [7, 11) is 0. The largest absolute Gasteiger partial charge is 0.488 e. The molecule has 6 aromatic rings. The molecular formula is C50H47Cl2N5O8. The second-order valence-electron chi connectivity index (χ2n) is 15.7. The number of benzene rings is 4. The number of hydrogen-bond acceptors (Lipinski definition) is 12. The van der Waals surface area contributed by atoms with Gasteiger partial charge in [0.1, 0.15) is 55.5 Å². The van der Waals surface area contributed by atoms with Gasteiger partial charge in [0.05, 0.1) is 41.2 Å². The van der Waals surface area contributed by atoms with E-state index in [-0.39, 0.29) is 52.6 Å². The lowest BCUT2D eigenvalue weighted by Gasteiger charge is -2.19. The Morgan fingerprint density at radius 2 is 1.12 bits per heavy atom. The zero-order valence-corrected chi connectivity index (χ0v) is 37.3. The number of aliphatic hydroxyl groups excluding tert-OH is 2. The van der Waals surface area contributed by atoms with Gasteiger partial charge in [0, 0.05) is 83.5 Å². The molecule has 4 aromatic carbocycles. The Balaban J connectivity index is 0.968.